The highest BCUT2D eigenvalue weighted by molar-refractivity contribution is 5.73. The van der Waals surface area contributed by atoms with Gasteiger partial charge in [0.1, 0.15) is 48.8 Å². The second-order valence-corrected chi connectivity index (χ2v) is 7.42. The van der Waals surface area contributed by atoms with E-state index in [-0.39, 0.29) is 13.2 Å². The molecule has 2 aliphatic heterocycles. The standard InChI is InChI=1S/C17H30N4O11/c1-7(24)20-10-15(32-17-14(28)13(27)11(25)8(5-22)31-17)12(26)9(6-23)30-16(10)29-4-2-3-19-21-18/h8-17,22-23,25-28H,2-6H2,1H3,(H,20,24)/t8?,9?,10?,11-,12+,13-,14?,15+,16+,17-/m0/s1. The monoisotopic (exact) mass is 466 g/mol. The number of rotatable bonds is 10. The summed E-state index contributed by atoms with van der Waals surface area (Å²) >= 11 is 0. The van der Waals surface area contributed by atoms with Crippen molar-refractivity contribution in [2.45, 2.75) is 74.7 Å². The molecule has 0 saturated carbocycles. The fraction of sp³-hybridized carbons (Fsp3) is 0.941. The third-order valence-electron chi connectivity index (χ3n) is 5.11. The van der Waals surface area contributed by atoms with Gasteiger partial charge in [-0.1, -0.05) is 5.11 Å². The van der Waals surface area contributed by atoms with Gasteiger partial charge in [-0.25, -0.2) is 0 Å². The maximum absolute atomic E-state index is 11.8. The summed E-state index contributed by atoms with van der Waals surface area (Å²) in [4.78, 5) is 14.4. The molecule has 0 aromatic rings. The van der Waals surface area contributed by atoms with Crippen LogP contribution in [0.3, 0.4) is 0 Å². The smallest absolute Gasteiger partial charge is 0.217 e. The van der Waals surface area contributed by atoms with E-state index in [0.29, 0.717) is 6.42 Å². The third kappa shape index (κ3) is 6.46. The zero-order chi connectivity index (χ0) is 23.8. The summed E-state index contributed by atoms with van der Waals surface area (Å²) in [6, 6.07) is -1.14. The molecule has 32 heavy (non-hydrogen) atoms. The molecule has 0 aromatic heterocycles. The molecule has 2 rings (SSSR count). The fourth-order valence-corrected chi connectivity index (χ4v) is 3.47. The van der Waals surface area contributed by atoms with Gasteiger partial charge in [0.2, 0.25) is 5.91 Å². The molecule has 7 N–H and O–H groups in total. The number of azide groups is 1. The molecule has 1 amide bonds. The Morgan fingerprint density at radius 1 is 1.03 bits per heavy atom. The van der Waals surface area contributed by atoms with Crippen LogP contribution in [-0.4, -0.2) is 124 Å². The highest BCUT2D eigenvalue weighted by atomic mass is 16.7. The van der Waals surface area contributed by atoms with Crippen molar-refractivity contribution < 1.29 is 54.4 Å². The maximum Gasteiger partial charge on any atom is 0.217 e. The number of nitrogens with zero attached hydrogens (tertiary/aromatic N) is 3. The van der Waals surface area contributed by atoms with Crippen molar-refractivity contribution in [3.8, 4) is 0 Å². The highest BCUT2D eigenvalue weighted by Gasteiger charge is 2.51. The first kappa shape index (κ1) is 26.6. The second kappa shape index (κ2) is 12.6. The van der Waals surface area contributed by atoms with Gasteiger partial charge in [-0.2, -0.15) is 0 Å². The van der Waals surface area contributed by atoms with E-state index in [0.717, 1.165) is 0 Å². The molecule has 2 fully saturated rings. The van der Waals surface area contributed by atoms with Crippen LogP contribution >= 0.6 is 0 Å². The van der Waals surface area contributed by atoms with E-state index >= 15 is 0 Å². The molecular formula is C17H30N4O11. The number of ether oxygens (including phenoxy) is 4. The number of aliphatic hydroxyl groups excluding tert-OH is 6. The molecule has 15 nitrogen and oxygen atoms in total. The third-order valence-corrected chi connectivity index (χ3v) is 5.11. The van der Waals surface area contributed by atoms with E-state index in [2.05, 4.69) is 15.3 Å². The normalized spacial score (nSPS) is 39.8. The molecule has 0 aliphatic carbocycles. The van der Waals surface area contributed by atoms with Crippen molar-refractivity contribution in [3.05, 3.63) is 10.4 Å². The van der Waals surface area contributed by atoms with Gasteiger partial charge in [-0.15, -0.1) is 0 Å². The van der Waals surface area contributed by atoms with Crippen molar-refractivity contribution in [1.82, 2.24) is 5.32 Å². The van der Waals surface area contributed by atoms with Crippen LogP contribution in [0.4, 0.5) is 0 Å². The minimum absolute atomic E-state index is 0.0424. The summed E-state index contributed by atoms with van der Waals surface area (Å²) in [5.41, 5.74) is 8.33. The molecule has 0 bridgehead atoms. The number of nitrogens with one attached hydrogen (secondary N) is 1. The average Bonchev–Trinajstić information content (AvgIpc) is 2.76. The van der Waals surface area contributed by atoms with Crippen LogP contribution in [0.1, 0.15) is 13.3 Å². The Bertz CT molecular complexity index is 650. The number of hydrogen-bond acceptors (Lipinski definition) is 12. The Balaban J connectivity index is 2.22. The van der Waals surface area contributed by atoms with Crippen LogP contribution < -0.4 is 5.32 Å². The number of amides is 1. The Labute approximate surface area is 183 Å². The average molecular weight is 466 g/mol. The number of carbonyl (C=O) groups excluding carboxylic acids is 1. The van der Waals surface area contributed by atoms with Crippen LogP contribution in [-0.2, 0) is 23.7 Å². The molecule has 2 aliphatic rings. The van der Waals surface area contributed by atoms with E-state index in [1.807, 2.05) is 0 Å². The molecule has 2 saturated heterocycles. The topological polar surface area (TPSA) is 236 Å². The highest BCUT2D eigenvalue weighted by Crippen LogP contribution is 2.29. The first-order chi connectivity index (χ1) is 15.2. The summed E-state index contributed by atoms with van der Waals surface area (Å²) in [5.74, 6) is -0.529. The van der Waals surface area contributed by atoms with Crippen molar-refractivity contribution >= 4 is 5.91 Å². The van der Waals surface area contributed by atoms with E-state index < -0.39 is 80.5 Å². The van der Waals surface area contributed by atoms with Gasteiger partial charge < -0.3 is 54.9 Å². The lowest BCUT2D eigenvalue weighted by molar-refractivity contribution is -0.344. The van der Waals surface area contributed by atoms with Crippen LogP contribution in [0.5, 0.6) is 0 Å². The van der Waals surface area contributed by atoms with Gasteiger partial charge in [0.15, 0.2) is 12.6 Å². The Morgan fingerprint density at radius 2 is 1.66 bits per heavy atom. The lowest BCUT2D eigenvalue weighted by Gasteiger charge is -2.47. The maximum atomic E-state index is 11.8. The predicted octanol–water partition coefficient (Wildman–Crippen LogP) is -3.53. The zero-order valence-electron chi connectivity index (χ0n) is 17.4. The first-order valence-electron chi connectivity index (χ1n) is 10.0. The SMILES string of the molecule is CC(=O)NC1[C@H](OCCCN=[N+]=[N-])OC(CO)[C@@H](O)[C@@H]1O[C@@H]1OC(CO)[C@H](O)[C@H](O)C1O. The van der Waals surface area contributed by atoms with Gasteiger partial charge in [0.25, 0.3) is 0 Å². The van der Waals surface area contributed by atoms with E-state index in [1.54, 1.807) is 0 Å². The van der Waals surface area contributed by atoms with Crippen LogP contribution in [0.25, 0.3) is 10.4 Å². The first-order valence-corrected chi connectivity index (χ1v) is 10.0. The number of aliphatic hydroxyl groups is 6. The van der Waals surface area contributed by atoms with Gasteiger partial charge in [0.05, 0.1) is 13.2 Å². The van der Waals surface area contributed by atoms with Crippen molar-refractivity contribution in [2.24, 2.45) is 5.11 Å². The summed E-state index contributed by atoms with van der Waals surface area (Å²) in [6.45, 7) is 0.0628. The Hall–Kier alpha value is -1.62. The molecule has 0 aromatic carbocycles. The summed E-state index contributed by atoms with van der Waals surface area (Å²) in [7, 11) is 0. The quantitative estimate of drug-likeness (QED) is 0.0720. The lowest BCUT2D eigenvalue weighted by atomic mass is 9.95. The van der Waals surface area contributed by atoms with Crippen LogP contribution in [0.15, 0.2) is 5.11 Å². The lowest BCUT2D eigenvalue weighted by Crippen LogP contribution is -2.68. The molecule has 4 unspecified atom stereocenters. The zero-order valence-corrected chi connectivity index (χ0v) is 17.4. The largest absolute Gasteiger partial charge is 0.394 e. The van der Waals surface area contributed by atoms with Crippen LogP contribution in [0, 0.1) is 0 Å². The van der Waals surface area contributed by atoms with Crippen molar-refractivity contribution in [2.75, 3.05) is 26.4 Å². The van der Waals surface area contributed by atoms with Gasteiger partial charge in [-0.3, -0.25) is 4.79 Å². The van der Waals surface area contributed by atoms with Gasteiger partial charge in [0, 0.05) is 25.0 Å². The Morgan fingerprint density at radius 3 is 2.25 bits per heavy atom. The number of hydrogen-bond donors (Lipinski definition) is 7. The molecule has 2 heterocycles. The van der Waals surface area contributed by atoms with E-state index in [1.165, 1.54) is 6.92 Å². The van der Waals surface area contributed by atoms with Crippen molar-refractivity contribution in [1.29, 1.82) is 0 Å². The van der Waals surface area contributed by atoms with Crippen molar-refractivity contribution in [3.63, 3.8) is 0 Å². The Kier molecular flexibility index (Phi) is 10.5. The minimum atomic E-state index is -1.75. The van der Waals surface area contributed by atoms with E-state index in [9.17, 15) is 35.4 Å². The summed E-state index contributed by atoms with van der Waals surface area (Å²) < 4.78 is 22.1. The number of carbonyl (C=O) groups is 1. The fourth-order valence-electron chi connectivity index (χ4n) is 3.47. The molecular weight excluding hydrogens is 436 g/mol. The van der Waals surface area contributed by atoms with Gasteiger partial charge >= 0.3 is 0 Å². The molecule has 184 valence electrons. The molecule has 0 spiro atoms. The molecule has 0 radical (unpaired) electrons. The molecule has 15 heteroatoms. The summed E-state index contributed by atoms with van der Waals surface area (Å²) in [5, 5.41) is 65.7. The van der Waals surface area contributed by atoms with Gasteiger partial charge in [-0.05, 0) is 12.0 Å². The second-order valence-electron chi connectivity index (χ2n) is 7.42. The molecule has 10 atom stereocenters. The van der Waals surface area contributed by atoms with E-state index in [4.69, 9.17) is 24.5 Å². The summed E-state index contributed by atoms with van der Waals surface area (Å²) in [6.07, 6.45) is -12.9. The van der Waals surface area contributed by atoms with Crippen LogP contribution in [0.2, 0.25) is 0 Å². The predicted molar refractivity (Wildman–Crippen MR) is 103 cm³/mol. The minimum Gasteiger partial charge on any atom is -0.394 e.